The number of nitrogens with zero attached hydrogens (tertiary/aromatic N) is 2. The van der Waals surface area contributed by atoms with E-state index in [1.54, 1.807) is 12.5 Å². The van der Waals surface area contributed by atoms with E-state index in [0.29, 0.717) is 0 Å². The second-order valence-electron chi connectivity index (χ2n) is 3.15. The molecule has 0 amide bonds. The fourth-order valence-electron chi connectivity index (χ4n) is 0.919. The Kier molecular flexibility index (Phi) is 5.89. The van der Waals surface area contributed by atoms with Gasteiger partial charge in [-0.05, 0) is 0 Å². The number of aryl methyl sites for hydroxylation is 1. The van der Waals surface area contributed by atoms with Gasteiger partial charge in [0.25, 0.3) is 0 Å². The highest BCUT2D eigenvalue weighted by Gasteiger charge is 2.18. The zero-order chi connectivity index (χ0) is 13.9. The highest BCUT2D eigenvalue weighted by molar-refractivity contribution is 6.55. The van der Waals surface area contributed by atoms with E-state index in [1.165, 1.54) is 0 Å². The number of aromatic nitrogens is 2. The number of aromatic hydroxyl groups is 1. The van der Waals surface area contributed by atoms with E-state index in [1.807, 2.05) is 17.8 Å². The molecule has 0 saturated heterocycles. The summed E-state index contributed by atoms with van der Waals surface area (Å²) in [7, 11) is 1.94. The molecule has 0 spiro atoms. The minimum atomic E-state index is -0.363. The zero-order valence-electron chi connectivity index (χ0n) is 8.96. The van der Waals surface area contributed by atoms with E-state index in [9.17, 15) is 5.11 Å². The van der Waals surface area contributed by atoms with Crippen molar-refractivity contribution in [2.45, 2.75) is 0 Å². The number of benzene rings is 1. The van der Waals surface area contributed by atoms with Crippen LogP contribution in [0.3, 0.4) is 0 Å². The molecule has 18 heavy (non-hydrogen) atoms. The van der Waals surface area contributed by atoms with Gasteiger partial charge in [-0.15, -0.1) is 0 Å². The number of hydrogen-bond donors (Lipinski definition) is 1. The molecule has 1 aromatic heterocycles. The van der Waals surface area contributed by atoms with Crippen LogP contribution in [0, 0.1) is 0 Å². The van der Waals surface area contributed by atoms with Crippen LogP contribution in [0.4, 0.5) is 0 Å². The van der Waals surface area contributed by atoms with E-state index < -0.39 is 0 Å². The first-order valence-corrected chi connectivity index (χ1v) is 6.37. The molecular formula is C10H7Cl5N2O. The zero-order valence-corrected chi connectivity index (χ0v) is 12.7. The van der Waals surface area contributed by atoms with Crippen LogP contribution in [-0.4, -0.2) is 14.7 Å². The van der Waals surface area contributed by atoms with Crippen LogP contribution >= 0.6 is 58.0 Å². The lowest BCUT2D eigenvalue weighted by Gasteiger charge is -2.06. The van der Waals surface area contributed by atoms with Gasteiger partial charge in [-0.1, -0.05) is 58.0 Å². The van der Waals surface area contributed by atoms with E-state index in [2.05, 4.69) is 4.98 Å². The third-order valence-electron chi connectivity index (χ3n) is 1.82. The Balaban J connectivity index is 0.000000225. The molecule has 0 radical (unpaired) electrons. The molecule has 1 heterocycles. The quantitative estimate of drug-likeness (QED) is 0.532. The first-order valence-electron chi connectivity index (χ1n) is 4.48. The van der Waals surface area contributed by atoms with Crippen molar-refractivity contribution in [3.05, 3.63) is 43.8 Å². The van der Waals surface area contributed by atoms with E-state index in [-0.39, 0.29) is 30.9 Å². The summed E-state index contributed by atoms with van der Waals surface area (Å²) in [5.74, 6) is -0.363. The average Bonchev–Trinajstić information content (AvgIpc) is 2.83. The maximum atomic E-state index is 9.20. The topological polar surface area (TPSA) is 38.0 Å². The highest BCUT2D eigenvalue weighted by Crippen LogP contribution is 2.47. The molecule has 2 aromatic rings. The van der Waals surface area contributed by atoms with Gasteiger partial charge in [0.05, 0.1) is 21.4 Å². The standard InChI is InChI=1S/C6HCl5O.C4H6N2/c7-1-2(8)4(10)6(12)5(11)3(1)9;1-6-3-2-5-4-6/h12H;2-4H,1H3. The van der Waals surface area contributed by atoms with Crippen molar-refractivity contribution in [3.8, 4) is 5.75 Å². The summed E-state index contributed by atoms with van der Waals surface area (Å²) >= 11 is 27.9. The summed E-state index contributed by atoms with van der Waals surface area (Å²) in [5, 5.41) is 9.01. The summed E-state index contributed by atoms with van der Waals surface area (Å²) in [5.41, 5.74) is 0. The minimum Gasteiger partial charge on any atom is -0.505 e. The fraction of sp³-hybridized carbons (Fsp3) is 0.100. The van der Waals surface area contributed by atoms with Gasteiger partial charge in [-0.3, -0.25) is 0 Å². The number of rotatable bonds is 0. The Morgan fingerprint density at radius 2 is 1.39 bits per heavy atom. The Morgan fingerprint density at radius 1 is 0.944 bits per heavy atom. The second-order valence-corrected chi connectivity index (χ2v) is 5.04. The summed E-state index contributed by atoms with van der Waals surface area (Å²) in [6.07, 6.45) is 5.39. The fourth-order valence-corrected chi connectivity index (χ4v) is 2.05. The van der Waals surface area contributed by atoms with Crippen LogP contribution in [0.2, 0.25) is 25.1 Å². The lowest BCUT2D eigenvalue weighted by molar-refractivity contribution is 0.476. The smallest absolute Gasteiger partial charge is 0.155 e. The molecule has 3 nitrogen and oxygen atoms in total. The molecule has 0 fully saturated rings. The third kappa shape index (κ3) is 3.59. The molecule has 0 atom stereocenters. The van der Waals surface area contributed by atoms with Crippen LogP contribution in [0.25, 0.3) is 0 Å². The SMILES string of the molecule is Cn1ccnc1.Oc1c(Cl)c(Cl)c(Cl)c(Cl)c1Cl. The van der Waals surface area contributed by atoms with Crippen molar-refractivity contribution < 1.29 is 5.11 Å². The van der Waals surface area contributed by atoms with Crippen molar-refractivity contribution in [2.75, 3.05) is 0 Å². The first kappa shape index (κ1) is 15.7. The van der Waals surface area contributed by atoms with E-state index >= 15 is 0 Å². The van der Waals surface area contributed by atoms with Gasteiger partial charge in [0.15, 0.2) is 5.75 Å². The molecule has 1 aromatic carbocycles. The molecule has 0 aliphatic carbocycles. The number of halogens is 5. The van der Waals surface area contributed by atoms with Gasteiger partial charge in [-0.2, -0.15) is 0 Å². The van der Waals surface area contributed by atoms with Crippen molar-refractivity contribution >= 4 is 58.0 Å². The maximum Gasteiger partial charge on any atom is 0.155 e. The Labute approximate surface area is 129 Å². The molecule has 0 saturated carbocycles. The van der Waals surface area contributed by atoms with Crippen LogP contribution < -0.4 is 0 Å². The predicted molar refractivity (Wildman–Crippen MR) is 76.4 cm³/mol. The maximum absolute atomic E-state index is 9.20. The highest BCUT2D eigenvalue weighted by atomic mass is 35.5. The summed E-state index contributed by atoms with van der Waals surface area (Å²) in [4.78, 5) is 3.78. The Hall–Kier alpha value is -0.320. The van der Waals surface area contributed by atoms with Gasteiger partial charge in [0.2, 0.25) is 0 Å². The monoisotopic (exact) mass is 346 g/mol. The van der Waals surface area contributed by atoms with Gasteiger partial charge in [0.1, 0.15) is 10.0 Å². The number of phenols is 1. The summed E-state index contributed by atoms with van der Waals surface area (Å²) in [6.45, 7) is 0. The summed E-state index contributed by atoms with van der Waals surface area (Å²) < 4.78 is 1.89. The molecule has 2 rings (SSSR count). The Morgan fingerprint density at radius 3 is 1.67 bits per heavy atom. The number of hydrogen-bond acceptors (Lipinski definition) is 2. The van der Waals surface area contributed by atoms with Crippen molar-refractivity contribution in [3.63, 3.8) is 0 Å². The molecule has 0 aliphatic heterocycles. The Bertz CT molecular complexity index is 437. The summed E-state index contributed by atoms with van der Waals surface area (Å²) in [6, 6.07) is 0. The van der Waals surface area contributed by atoms with E-state index in [0.717, 1.165) is 0 Å². The van der Waals surface area contributed by atoms with Crippen LogP contribution in [-0.2, 0) is 7.05 Å². The molecule has 0 unspecified atom stereocenters. The molecule has 98 valence electrons. The number of phenolic OH excluding ortho intramolecular Hbond substituents is 1. The van der Waals surface area contributed by atoms with Crippen molar-refractivity contribution in [1.29, 1.82) is 0 Å². The van der Waals surface area contributed by atoms with Crippen molar-refractivity contribution in [1.82, 2.24) is 9.55 Å². The minimum absolute atomic E-state index is 0.00904. The van der Waals surface area contributed by atoms with Gasteiger partial charge in [0, 0.05) is 19.4 Å². The van der Waals surface area contributed by atoms with Crippen molar-refractivity contribution in [2.24, 2.45) is 7.05 Å². The predicted octanol–water partition coefficient (Wildman–Crippen LogP) is 5.08. The second kappa shape index (κ2) is 6.73. The van der Waals surface area contributed by atoms with Gasteiger partial charge >= 0.3 is 0 Å². The first-order chi connectivity index (χ1) is 8.36. The average molecular weight is 348 g/mol. The largest absolute Gasteiger partial charge is 0.505 e. The lowest BCUT2D eigenvalue weighted by atomic mass is 10.3. The molecule has 0 bridgehead atoms. The molecular weight excluding hydrogens is 341 g/mol. The third-order valence-corrected chi connectivity index (χ3v) is 4.08. The molecule has 8 heteroatoms. The van der Waals surface area contributed by atoms with Crippen LogP contribution in [0.5, 0.6) is 5.75 Å². The number of imidazole rings is 1. The normalized spacial score (nSPS) is 9.89. The van der Waals surface area contributed by atoms with Crippen LogP contribution in [0.1, 0.15) is 0 Å². The van der Waals surface area contributed by atoms with Gasteiger partial charge < -0.3 is 9.67 Å². The van der Waals surface area contributed by atoms with Crippen LogP contribution in [0.15, 0.2) is 18.7 Å². The molecule has 1 N–H and O–H groups in total. The van der Waals surface area contributed by atoms with E-state index in [4.69, 9.17) is 58.0 Å². The lowest BCUT2D eigenvalue weighted by Crippen LogP contribution is -1.78. The van der Waals surface area contributed by atoms with Gasteiger partial charge in [-0.25, -0.2) is 4.98 Å². The molecule has 0 aliphatic rings.